The first-order valence-electron chi connectivity index (χ1n) is 10.5. The van der Waals surface area contributed by atoms with Crippen LogP contribution in [0.2, 0.25) is 0 Å². The van der Waals surface area contributed by atoms with E-state index >= 15 is 0 Å². The van der Waals surface area contributed by atoms with Crippen LogP contribution in [0.25, 0.3) is 0 Å². The maximum atomic E-state index is 8.67. The molecule has 25 heavy (non-hydrogen) atoms. The summed E-state index contributed by atoms with van der Waals surface area (Å²) in [5.74, 6) is 0.886. The van der Waals surface area contributed by atoms with Crippen LogP contribution < -0.4 is 0 Å². The van der Waals surface area contributed by atoms with E-state index in [1.54, 1.807) is 13.8 Å². The van der Waals surface area contributed by atoms with Crippen molar-refractivity contribution in [1.82, 2.24) is 0 Å². The van der Waals surface area contributed by atoms with Gasteiger partial charge in [0.2, 0.25) is 0 Å². The van der Waals surface area contributed by atoms with Gasteiger partial charge in [-0.2, -0.15) is 0 Å². The molecule has 0 aliphatic heterocycles. The molecule has 0 aliphatic carbocycles. The third kappa shape index (κ3) is 45.5. The second-order valence-electron chi connectivity index (χ2n) is 7.60. The van der Waals surface area contributed by atoms with Crippen molar-refractivity contribution < 1.29 is 33.9 Å². The molecule has 0 rings (SSSR count). The van der Waals surface area contributed by atoms with Crippen molar-refractivity contribution >= 4 is 0 Å². The Bertz CT molecular complexity index is 209. The summed E-state index contributed by atoms with van der Waals surface area (Å²) < 4.78 is 8.25. The summed E-state index contributed by atoms with van der Waals surface area (Å²) in [5.41, 5.74) is 0. The molecular weight excluding hydrogens is 348 g/mol. The van der Waals surface area contributed by atoms with Gasteiger partial charge in [0, 0.05) is 12.7 Å². The average molecular weight is 394 g/mol. The van der Waals surface area contributed by atoms with Crippen molar-refractivity contribution in [3.63, 3.8) is 0 Å². The van der Waals surface area contributed by atoms with Crippen LogP contribution in [0.15, 0.2) is 0 Å². The van der Waals surface area contributed by atoms with E-state index in [0.717, 1.165) is 32.7 Å². The summed E-state index contributed by atoms with van der Waals surface area (Å²) in [6.45, 7) is 8.46. The summed E-state index contributed by atoms with van der Waals surface area (Å²) in [6, 6.07) is 0. The van der Waals surface area contributed by atoms with Gasteiger partial charge in [0.05, 0.1) is 0 Å². The molecule has 3 nitrogen and oxygen atoms in total. The Hall–Kier alpha value is 0.434. The van der Waals surface area contributed by atoms with E-state index in [1.807, 2.05) is 0 Å². The normalized spacial score (nSPS) is 10.2. The van der Waals surface area contributed by atoms with Crippen LogP contribution in [0.3, 0.4) is 0 Å². The van der Waals surface area contributed by atoms with Crippen LogP contribution in [-0.2, 0) is 23.7 Å². The van der Waals surface area contributed by atoms with Crippen molar-refractivity contribution in [2.75, 3.05) is 6.61 Å². The van der Waals surface area contributed by atoms with E-state index in [-0.39, 0.29) is 6.10 Å². The van der Waals surface area contributed by atoms with Gasteiger partial charge in [-0.05, 0) is 26.2 Å². The molecule has 0 saturated carbocycles. The second kappa shape index (κ2) is 29.2. The predicted octanol–water partition coefficient (Wildman–Crippen LogP) is 6.36. The van der Waals surface area contributed by atoms with Crippen LogP contribution in [0, 0.1) is 5.92 Å². The summed E-state index contributed by atoms with van der Waals surface area (Å²) in [6.07, 6.45) is 19.1. The molecule has 0 saturated heterocycles. The number of aliphatic hydroxyl groups is 2. The first-order chi connectivity index (χ1) is 12.0. The van der Waals surface area contributed by atoms with Crippen molar-refractivity contribution in [2.45, 2.75) is 124 Å². The van der Waals surface area contributed by atoms with Crippen LogP contribution in [-0.4, -0.2) is 22.9 Å². The molecule has 0 unspecified atom stereocenters. The number of rotatable bonds is 15. The molecule has 0 atom stereocenters. The Kier molecular flexibility index (Phi) is 35.2. The van der Waals surface area contributed by atoms with Crippen LogP contribution >= 0.6 is 0 Å². The van der Waals surface area contributed by atoms with E-state index in [9.17, 15) is 0 Å². The van der Waals surface area contributed by atoms with Gasteiger partial charge in [-0.1, -0.05) is 97.3 Å². The van der Waals surface area contributed by atoms with Crippen LogP contribution in [0.1, 0.15) is 118 Å². The van der Waals surface area contributed by atoms with Crippen molar-refractivity contribution in [2.24, 2.45) is 5.92 Å². The minimum atomic E-state index is -0.167. The molecule has 0 spiro atoms. The number of unbranched alkanes of at least 4 members (excludes halogenated alkanes) is 12. The molecule has 0 fully saturated rings. The molecule has 0 aromatic carbocycles. The fraction of sp³-hybridized carbons (Fsp3) is 1.00. The number of aliphatic hydroxyl groups excluding tert-OH is 2. The van der Waals surface area contributed by atoms with Crippen molar-refractivity contribution in [3.05, 3.63) is 0 Å². The van der Waals surface area contributed by atoms with Gasteiger partial charge in [-0.3, -0.25) is 0 Å². The fourth-order valence-electron chi connectivity index (χ4n) is 2.61. The standard InChI is InChI=1S/C18H38O.C3H8O.O.Ti/c1-18(2)16-14-12-10-8-6-4-3-5-7-9-11-13-15-17-19;1-3(2)4;;/h18-19H,3-17H2,1-2H3;3-4H,1-2H3;;. The first kappa shape index (κ1) is 30.2. The number of hydrogen-bond acceptors (Lipinski definition) is 3. The monoisotopic (exact) mass is 394 g/mol. The van der Waals surface area contributed by atoms with Gasteiger partial charge in [-0.25, -0.2) is 0 Å². The SMILES string of the molecule is CC(C)CCCCCCCCCCCCCCCO.CC(C)O.[O]=[Ti]. The molecule has 0 aromatic heterocycles. The Labute approximate surface area is 170 Å². The van der Waals surface area contributed by atoms with E-state index in [0.29, 0.717) is 6.61 Å². The molecule has 2 N–H and O–H groups in total. The molecule has 4 heteroatoms. The third-order valence-corrected chi connectivity index (χ3v) is 3.94. The van der Waals surface area contributed by atoms with Gasteiger partial charge in [0.25, 0.3) is 0 Å². The Morgan fingerprint density at radius 3 is 1.08 bits per heavy atom. The van der Waals surface area contributed by atoms with E-state index in [1.165, 1.54) is 83.5 Å². The first-order valence-corrected chi connectivity index (χ1v) is 11.1. The summed E-state index contributed by atoms with van der Waals surface area (Å²) in [4.78, 5) is 0. The average Bonchev–Trinajstić information content (AvgIpc) is 2.56. The second-order valence-corrected chi connectivity index (χ2v) is 7.60. The third-order valence-electron chi connectivity index (χ3n) is 3.94. The number of hydrogen-bond donors (Lipinski definition) is 2. The molecule has 0 aromatic rings. The predicted molar refractivity (Wildman–Crippen MR) is 105 cm³/mol. The van der Waals surface area contributed by atoms with Gasteiger partial charge >= 0.3 is 23.7 Å². The van der Waals surface area contributed by atoms with Crippen molar-refractivity contribution in [1.29, 1.82) is 0 Å². The van der Waals surface area contributed by atoms with Crippen molar-refractivity contribution in [3.8, 4) is 0 Å². The molecule has 0 bridgehead atoms. The zero-order chi connectivity index (χ0) is 19.8. The Morgan fingerprint density at radius 1 is 0.600 bits per heavy atom. The van der Waals surface area contributed by atoms with Gasteiger partial charge in [-0.15, -0.1) is 0 Å². The van der Waals surface area contributed by atoms with E-state index in [2.05, 4.69) is 13.8 Å². The Balaban J connectivity index is -0.000000701. The topological polar surface area (TPSA) is 57.5 Å². The molecule has 152 valence electrons. The van der Waals surface area contributed by atoms with Gasteiger partial charge in [0.1, 0.15) is 0 Å². The van der Waals surface area contributed by atoms with Gasteiger partial charge in [0.15, 0.2) is 0 Å². The summed E-state index contributed by atoms with van der Waals surface area (Å²) in [7, 11) is 0. The molecule has 0 aliphatic rings. The van der Waals surface area contributed by atoms with Crippen LogP contribution in [0.5, 0.6) is 0 Å². The maximum absolute atomic E-state index is 8.67. The molecule has 0 radical (unpaired) electrons. The molecule has 0 heterocycles. The fourth-order valence-corrected chi connectivity index (χ4v) is 2.61. The molecule has 0 amide bonds. The quantitative estimate of drug-likeness (QED) is 0.251. The Morgan fingerprint density at radius 2 is 0.840 bits per heavy atom. The summed E-state index contributed by atoms with van der Waals surface area (Å²) >= 11 is 0.750. The van der Waals surface area contributed by atoms with Crippen LogP contribution in [0.4, 0.5) is 0 Å². The van der Waals surface area contributed by atoms with E-state index < -0.39 is 0 Å². The van der Waals surface area contributed by atoms with E-state index in [4.69, 9.17) is 13.5 Å². The van der Waals surface area contributed by atoms with Gasteiger partial charge < -0.3 is 10.2 Å². The minimum absolute atomic E-state index is 0.167. The zero-order valence-electron chi connectivity index (χ0n) is 17.6. The zero-order valence-corrected chi connectivity index (χ0v) is 19.1. The molecular formula is C21H46O3Ti. The summed E-state index contributed by atoms with van der Waals surface area (Å²) in [5, 5.41) is 16.7.